The highest BCUT2D eigenvalue weighted by Gasteiger charge is 2.24. The van der Waals surface area contributed by atoms with Crippen LogP contribution in [0.15, 0.2) is 53.5 Å². The average molecular weight is 457 g/mol. The molecule has 1 fully saturated rings. The molecule has 0 spiro atoms. The molecule has 0 atom stereocenters. The number of aromatic nitrogens is 1. The van der Waals surface area contributed by atoms with Gasteiger partial charge in [-0.3, -0.25) is 4.79 Å². The molecule has 4 rings (SSSR count). The van der Waals surface area contributed by atoms with E-state index in [2.05, 4.69) is 0 Å². The largest absolute Gasteiger partial charge is 0.490 e. The summed E-state index contributed by atoms with van der Waals surface area (Å²) in [5.41, 5.74) is 1.45. The summed E-state index contributed by atoms with van der Waals surface area (Å²) in [5, 5.41) is 11.7. The molecule has 0 saturated carbocycles. The summed E-state index contributed by atoms with van der Waals surface area (Å²) < 4.78 is 12.5. The molecule has 32 heavy (non-hydrogen) atoms. The Morgan fingerprint density at radius 3 is 2.50 bits per heavy atom. The van der Waals surface area contributed by atoms with Crippen molar-refractivity contribution in [2.24, 2.45) is 0 Å². The highest BCUT2D eigenvalue weighted by Crippen LogP contribution is 2.25. The zero-order valence-electron chi connectivity index (χ0n) is 17.8. The fraction of sp³-hybridized carbons (Fsp3) is 0.333. The van der Waals surface area contributed by atoms with Crippen molar-refractivity contribution in [1.29, 1.82) is 0 Å². The van der Waals surface area contributed by atoms with Gasteiger partial charge in [-0.15, -0.1) is 0 Å². The normalized spacial score (nSPS) is 14.5. The number of likely N-dealkylation sites (tertiary alicyclic amines) is 1. The first kappa shape index (κ1) is 22.2. The van der Waals surface area contributed by atoms with Crippen LogP contribution in [0.2, 0.25) is 5.02 Å². The van der Waals surface area contributed by atoms with Gasteiger partial charge in [0.25, 0.3) is 5.56 Å². The molecule has 1 aliphatic rings. The van der Waals surface area contributed by atoms with Gasteiger partial charge in [0, 0.05) is 42.7 Å². The monoisotopic (exact) mass is 456 g/mol. The fourth-order valence-electron chi connectivity index (χ4n) is 4.03. The van der Waals surface area contributed by atoms with Gasteiger partial charge in [-0.2, -0.15) is 0 Å². The Balaban J connectivity index is 1.58. The Hall–Kier alpha value is -3.03. The van der Waals surface area contributed by atoms with E-state index in [1.54, 1.807) is 33.9 Å². The Labute approximate surface area is 190 Å². The number of carbonyl (C=O) groups excluding carboxylic acids is 1. The predicted molar refractivity (Wildman–Crippen MR) is 122 cm³/mol. The highest BCUT2D eigenvalue weighted by atomic mass is 35.5. The fourth-order valence-corrected chi connectivity index (χ4v) is 4.16. The van der Waals surface area contributed by atoms with Crippen molar-refractivity contribution >= 4 is 28.5 Å². The number of aliphatic hydroxyl groups is 1. The SMILES string of the molecule is COC(=O)N1CCC(Oc2ccc3c(CO)cn(Cc4ccc(Cl)cc4)c(=O)c3c2)CC1. The van der Waals surface area contributed by atoms with Gasteiger partial charge < -0.3 is 24.0 Å². The maximum Gasteiger partial charge on any atom is 0.409 e. The van der Waals surface area contributed by atoms with Gasteiger partial charge in [0.15, 0.2) is 0 Å². The lowest BCUT2D eigenvalue weighted by Gasteiger charge is -2.31. The summed E-state index contributed by atoms with van der Waals surface area (Å²) in [4.78, 5) is 26.5. The second-order valence-electron chi connectivity index (χ2n) is 7.85. The molecule has 1 N–H and O–H groups in total. The first-order chi connectivity index (χ1) is 15.5. The van der Waals surface area contributed by atoms with E-state index < -0.39 is 0 Å². The molecule has 2 aromatic carbocycles. The van der Waals surface area contributed by atoms with Crippen LogP contribution in [0.5, 0.6) is 5.75 Å². The minimum absolute atomic E-state index is 0.0503. The number of halogens is 1. The molecule has 0 unspecified atom stereocenters. The van der Waals surface area contributed by atoms with Crippen molar-refractivity contribution < 1.29 is 19.4 Å². The van der Waals surface area contributed by atoms with Gasteiger partial charge in [0.1, 0.15) is 11.9 Å². The van der Waals surface area contributed by atoms with Gasteiger partial charge >= 0.3 is 6.09 Å². The number of ether oxygens (including phenoxy) is 2. The molecule has 1 aliphatic heterocycles. The van der Waals surface area contributed by atoms with Gasteiger partial charge in [0.2, 0.25) is 0 Å². The molecule has 1 aromatic heterocycles. The third kappa shape index (κ3) is 4.74. The Bertz CT molecular complexity index is 1170. The minimum Gasteiger partial charge on any atom is -0.490 e. The molecule has 0 aliphatic carbocycles. The summed E-state index contributed by atoms with van der Waals surface area (Å²) in [7, 11) is 1.38. The third-order valence-electron chi connectivity index (χ3n) is 5.75. The number of pyridine rings is 1. The van der Waals surface area contributed by atoms with Crippen molar-refractivity contribution in [3.63, 3.8) is 0 Å². The van der Waals surface area contributed by atoms with Crippen molar-refractivity contribution in [3.8, 4) is 5.75 Å². The topological polar surface area (TPSA) is 81.0 Å². The molecule has 0 radical (unpaired) electrons. The number of nitrogens with zero attached hydrogens (tertiary/aromatic N) is 2. The first-order valence-electron chi connectivity index (χ1n) is 10.5. The molecule has 1 amide bonds. The lowest BCUT2D eigenvalue weighted by atomic mass is 10.1. The van der Waals surface area contributed by atoms with Gasteiger partial charge in [-0.05, 0) is 35.2 Å². The molecule has 2 heterocycles. The smallest absolute Gasteiger partial charge is 0.409 e. The number of carbonyl (C=O) groups is 1. The van der Waals surface area contributed by atoms with Gasteiger partial charge in [-0.1, -0.05) is 29.8 Å². The van der Waals surface area contributed by atoms with Crippen LogP contribution in [-0.4, -0.2) is 47.0 Å². The first-order valence-corrected chi connectivity index (χ1v) is 10.9. The number of aliphatic hydroxyl groups excluding tert-OH is 1. The Kier molecular flexibility index (Phi) is 6.67. The van der Waals surface area contributed by atoms with E-state index in [0.717, 1.165) is 5.56 Å². The van der Waals surface area contributed by atoms with E-state index in [1.807, 2.05) is 24.3 Å². The highest BCUT2D eigenvalue weighted by molar-refractivity contribution is 6.30. The Morgan fingerprint density at radius 1 is 1.12 bits per heavy atom. The van der Waals surface area contributed by atoms with E-state index in [4.69, 9.17) is 21.1 Å². The molecule has 3 aromatic rings. The van der Waals surface area contributed by atoms with Crippen LogP contribution in [-0.2, 0) is 17.9 Å². The lowest BCUT2D eigenvalue weighted by Crippen LogP contribution is -2.41. The van der Waals surface area contributed by atoms with E-state index >= 15 is 0 Å². The van der Waals surface area contributed by atoms with Gasteiger partial charge in [-0.25, -0.2) is 4.79 Å². The number of amides is 1. The molecule has 8 heteroatoms. The lowest BCUT2D eigenvalue weighted by molar-refractivity contribution is 0.0791. The van der Waals surface area contributed by atoms with Crippen LogP contribution in [0.1, 0.15) is 24.0 Å². The minimum atomic E-state index is -0.327. The van der Waals surface area contributed by atoms with Crippen LogP contribution in [0.25, 0.3) is 10.8 Å². The van der Waals surface area contributed by atoms with Crippen LogP contribution in [0, 0.1) is 0 Å². The summed E-state index contributed by atoms with van der Waals surface area (Å²) >= 11 is 5.96. The van der Waals surface area contributed by atoms with Crippen molar-refractivity contribution in [1.82, 2.24) is 9.47 Å². The second-order valence-corrected chi connectivity index (χ2v) is 8.29. The summed E-state index contributed by atoms with van der Waals surface area (Å²) in [6.07, 6.45) is 2.69. The summed E-state index contributed by atoms with van der Waals surface area (Å²) in [5.74, 6) is 0.597. The molecular formula is C24H25ClN2O5. The molecular weight excluding hydrogens is 432 g/mol. The predicted octanol–water partition coefficient (Wildman–Crippen LogP) is 3.81. The second kappa shape index (κ2) is 9.63. The van der Waals surface area contributed by atoms with Crippen LogP contribution >= 0.6 is 11.6 Å². The van der Waals surface area contributed by atoms with E-state index in [0.29, 0.717) is 59.6 Å². The van der Waals surface area contributed by atoms with Crippen LogP contribution in [0.3, 0.4) is 0 Å². The van der Waals surface area contributed by atoms with E-state index in [1.165, 1.54) is 7.11 Å². The number of fused-ring (bicyclic) bond motifs is 1. The number of piperidine rings is 1. The van der Waals surface area contributed by atoms with Crippen molar-refractivity contribution in [2.75, 3.05) is 20.2 Å². The van der Waals surface area contributed by atoms with Crippen molar-refractivity contribution in [2.45, 2.75) is 32.1 Å². The summed E-state index contributed by atoms with van der Waals surface area (Å²) in [6, 6.07) is 12.7. The molecule has 0 bridgehead atoms. The van der Waals surface area contributed by atoms with Crippen LogP contribution < -0.4 is 10.3 Å². The maximum atomic E-state index is 13.2. The standard InChI is InChI=1S/C24H25ClN2O5/c1-31-24(30)26-10-8-19(9-11-26)32-20-6-7-21-17(15-28)14-27(23(29)22(21)12-20)13-16-2-4-18(25)5-3-16/h2-7,12,14,19,28H,8-11,13,15H2,1H3. The zero-order valence-corrected chi connectivity index (χ0v) is 18.5. The number of rotatable bonds is 5. The average Bonchev–Trinajstić information content (AvgIpc) is 2.82. The molecule has 1 saturated heterocycles. The summed E-state index contributed by atoms with van der Waals surface area (Å²) in [6.45, 7) is 1.32. The number of benzene rings is 2. The molecule has 168 valence electrons. The number of hydrogen-bond donors (Lipinski definition) is 1. The van der Waals surface area contributed by atoms with E-state index in [-0.39, 0.29) is 24.4 Å². The Morgan fingerprint density at radius 2 is 1.84 bits per heavy atom. The van der Waals surface area contributed by atoms with Crippen LogP contribution in [0.4, 0.5) is 4.79 Å². The number of methoxy groups -OCH3 is 1. The zero-order chi connectivity index (χ0) is 22.7. The number of hydrogen-bond acceptors (Lipinski definition) is 5. The third-order valence-corrected chi connectivity index (χ3v) is 6.01. The van der Waals surface area contributed by atoms with Crippen molar-refractivity contribution in [3.05, 3.63) is 75.2 Å². The van der Waals surface area contributed by atoms with E-state index in [9.17, 15) is 14.7 Å². The maximum absolute atomic E-state index is 13.2. The quantitative estimate of drug-likeness (QED) is 0.631. The molecule has 7 nitrogen and oxygen atoms in total. The van der Waals surface area contributed by atoms with Gasteiger partial charge in [0.05, 0.1) is 25.6 Å².